The molecule has 0 spiro atoms. The number of amides is 1. The van der Waals surface area contributed by atoms with Gasteiger partial charge in [-0.1, -0.05) is 26.0 Å². The molecule has 1 aliphatic rings. The van der Waals surface area contributed by atoms with E-state index in [2.05, 4.69) is 13.8 Å². The summed E-state index contributed by atoms with van der Waals surface area (Å²) in [6.07, 6.45) is 1.46. The predicted octanol–water partition coefficient (Wildman–Crippen LogP) is 2.60. The molecule has 1 unspecified atom stereocenters. The van der Waals surface area contributed by atoms with Gasteiger partial charge in [0.05, 0.1) is 19.6 Å². The first-order valence-electron chi connectivity index (χ1n) is 9.08. The summed E-state index contributed by atoms with van der Waals surface area (Å²) in [5.41, 5.74) is -0.109. The molecule has 0 aliphatic carbocycles. The Kier molecular flexibility index (Phi) is 7.03. The maximum atomic E-state index is 12.6. The van der Waals surface area contributed by atoms with Gasteiger partial charge >= 0.3 is 5.97 Å². The van der Waals surface area contributed by atoms with Crippen molar-refractivity contribution >= 4 is 11.9 Å². The van der Waals surface area contributed by atoms with Crippen molar-refractivity contribution in [3.8, 4) is 5.75 Å². The molecule has 0 saturated carbocycles. The van der Waals surface area contributed by atoms with Gasteiger partial charge in [0.1, 0.15) is 11.2 Å². The SMILES string of the molecule is COCC1(C(=O)O)CCCN(C(=O)Cc2ccc(OCC(C)C)cc2)C1. The summed E-state index contributed by atoms with van der Waals surface area (Å²) in [4.78, 5) is 26.0. The Labute approximate surface area is 155 Å². The first-order valence-corrected chi connectivity index (χ1v) is 9.08. The minimum Gasteiger partial charge on any atom is -0.493 e. The number of carbonyl (C=O) groups excluding carboxylic acids is 1. The molecule has 0 aromatic heterocycles. The molecule has 1 aliphatic heterocycles. The van der Waals surface area contributed by atoms with Crippen LogP contribution in [0.15, 0.2) is 24.3 Å². The molecule has 1 saturated heterocycles. The average molecular weight is 363 g/mol. The van der Waals surface area contributed by atoms with Crippen LogP contribution in [0.3, 0.4) is 0 Å². The highest BCUT2D eigenvalue weighted by molar-refractivity contribution is 5.81. The second-order valence-corrected chi connectivity index (χ2v) is 7.46. The van der Waals surface area contributed by atoms with Crippen LogP contribution in [-0.4, -0.2) is 55.3 Å². The maximum absolute atomic E-state index is 12.6. The van der Waals surface area contributed by atoms with Gasteiger partial charge in [0.2, 0.25) is 5.91 Å². The second-order valence-electron chi connectivity index (χ2n) is 7.46. The normalized spacial score (nSPS) is 20.2. The van der Waals surface area contributed by atoms with Crippen LogP contribution in [0.4, 0.5) is 0 Å². The second kappa shape index (κ2) is 9.03. The maximum Gasteiger partial charge on any atom is 0.313 e. The summed E-state index contributed by atoms with van der Waals surface area (Å²) in [6, 6.07) is 7.51. The summed E-state index contributed by atoms with van der Waals surface area (Å²) in [7, 11) is 1.49. The smallest absolute Gasteiger partial charge is 0.313 e. The lowest BCUT2D eigenvalue weighted by molar-refractivity contribution is -0.159. The Morgan fingerprint density at radius 1 is 1.27 bits per heavy atom. The monoisotopic (exact) mass is 363 g/mol. The first kappa shape index (κ1) is 20.2. The van der Waals surface area contributed by atoms with Crippen molar-refractivity contribution in [3.05, 3.63) is 29.8 Å². The topological polar surface area (TPSA) is 76.1 Å². The van der Waals surface area contributed by atoms with Gasteiger partial charge in [0.25, 0.3) is 0 Å². The Hall–Kier alpha value is -2.08. The van der Waals surface area contributed by atoms with Gasteiger partial charge in [-0.05, 0) is 36.5 Å². The lowest BCUT2D eigenvalue weighted by Crippen LogP contribution is -2.52. The van der Waals surface area contributed by atoms with E-state index in [-0.39, 0.29) is 25.5 Å². The van der Waals surface area contributed by atoms with Gasteiger partial charge in [-0.2, -0.15) is 0 Å². The number of methoxy groups -OCH3 is 1. The van der Waals surface area contributed by atoms with Gasteiger partial charge in [-0.3, -0.25) is 9.59 Å². The van der Waals surface area contributed by atoms with E-state index < -0.39 is 11.4 Å². The standard InChI is InChI=1S/C20H29NO5/c1-15(2)12-26-17-7-5-16(6-8-17)11-18(22)21-10-4-9-20(13-21,14-25-3)19(23)24/h5-8,15H,4,9-14H2,1-3H3,(H,23,24). The molecule has 6 heteroatoms. The van der Waals surface area contributed by atoms with E-state index in [9.17, 15) is 14.7 Å². The van der Waals surface area contributed by atoms with Crippen molar-refractivity contribution in [2.75, 3.05) is 33.4 Å². The molecule has 1 amide bonds. The minimum absolute atomic E-state index is 0.0534. The third-order valence-corrected chi connectivity index (χ3v) is 4.67. The van der Waals surface area contributed by atoms with Gasteiger partial charge in [-0.15, -0.1) is 0 Å². The number of carboxylic acid groups (broad SMARTS) is 1. The third-order valence-electron chi connectivity index (χ3n) is 4.67. The number of carbonyl (C=O) groups is 2. The van der Waals surface area contributed by atoms with Crippen molar-refractivity contribution in [3.63, 3.8) is 0 Å². The number of hydrogen-bond donors (Lipinski definition) is 1. The predicted molar refractivity (Wildman–Crippen MR) is 98.2 cm³/mol. The zero-order chi connectivity index (χ0) is 19.2. The fourth-order valence-electron chi connectivity index (χ4n) is 3.23. The van der Waals surface area contributed by atoms with Gasteiger partial charge < -0.3 is 19.5 Å². The average Bonchev–Trinajstić information content (AvgIpc) is 2.61. The number of likely N-dealkylation sites (tertiary alicyclic amines) is 1. The number of carboxylic acids is 1. The fraction of sp³-hybridized carbons (Fsp3) is 0.600. The van der Waals surface area contributed by atoms with E-state index >= 15 is 0 Å². The Morgan fingerprint density at radius 3 is 2.54 bits per heavy atom. The highest BCUT2D eigenvalue weighted by atomic mass is 16.5. The molecule has 1 fully saturated rings. The minimum atomic E-state index is -1.00. The van der Waals surface area contributed by atoms with Crippen molar-refractivity contribution in [2.24, 2.45) is 11.3 Å². The summed E-state index contributed by atoms with van der Waals surface area (Å²) < 4.78 is 10.8. The molecule has 1 heterocycles. The summed E-state index contributed by atoms with van der Waals surface area (Å²) in [5, 5.41) is 9.60. The van der Waals surface area contributed by atoms with Crippen LogP contribution >= 0.6 is 0 Å². The van der Waals surface area contributed by atoms with E-state index in [0.717, 1.165) is 11.3 Å². The van der Waals surface area contributed by atoms with Crippen LogP contribution in [0.2, 0.25) is 0 Å². The molecule has 1 N–H and O–H groups in total. The van der Waals surface area contributed by atoms with Crippen LogP contribution < -0.4 is 4.74 Å². The van der Waals surface area contributed by atoms with Crippen LogP contribution in [0.25, 0.3) is 0 Å². The molecule has 1 aromatic carbocycles. The van der Waals surface area contributed by atoms with E-state index in [1.54, 1.807) is 4.90 Å². The zero-order valence-electron chi connectivity index (χ0n) is 15.9. The number of rotatable bonds is 8. The molecular formula is C20H29NO5. The Bertz CT molecular complexity index is 609. The highest BCUT2D eigenvalue weighted by Crippen LogP contribution is 2.31. The molecule has 2 rings (SSSR count). The van der Waals surface area contributed by atoms with Crippen molar-refractivity contribution in [1.29, 1.82) is 0 Å². The van der Waals surface area contributed by atoms with Gasteiger partial charge in [0.15, 0.2) is 0 Å². The fourth-order valence-corrected chi connectivity index (χ4v) is 3.23. The van der Waals surface area contributed by atoms with Crippen molar-refractivity contribution in [1.82, 2.24) is 4.90 Å². The highest BCUT2D eigenvalue weighted by Gasteiger charge is 2.43. The summed E-state index contributed by atoms with van der Waals surface area (Å²) in [5.74, 6) is 0.292. The van der Waals surface area contributed by atoms with E-state index in [0.29, 0.717) is 31.9 Å². The molecule has 1 atom stereocenters. The number of benzene rings is 1. The van der Waals surface area contributed by atoms with E-state index in [4.69, 9.17) is 9.47 Å². The lowest BCUT2D eigenvalue weighted by atomic mass is 9.80. The lowest BCUT2D eigenvalue weighted by Gasteiger charge is -2.39. The number of aliphatic carboxylic acids is 1. The zero-order valence-corrected chi connectivity index (χ0v) is 15.9. The largest absolute Gasteiger partial charge is 0.493 e. The van der Waals surface area contributed by atoms with Crippen LogP contribution in [0.5, 0.6) is 5.75 Å². The summed E-state index contributed by atoms with van der Waals surface area (Å²) in [6.45, 7) is 5.74. The molecule has 26 heavy (non-hydrogen) atoms. The third kappa shape index (κ3) is 5.21. The Balaban J connectivity index is 1.97. The van der Waals surface area contributed by atoms with Crippen LogP contribution in [0.1, 0.15) is 32.3 Å². The number of ether oxygens (including phenoxy) is 2. The molecule has 0 radical (unpaired) electrons. The van der Waals surface area contributed by atoms with Gasteiger partial charge in [0, 0.05) is 20.2 Å². The first-order chi connectivity index (χ1) is 12.4. The number of nitrogens with zero attached hydrogens (tertiary/aromatic N) is 1. The molecule has 144 valence electrons. The molecule has 1 aromatic rings. The summed E-state index contributed by atoms with van der Waals surface area (Å²) >= 11 is 0. The quantitative estimate of drug-likeness (QED) is 0.768. The van der Waals surface area contributed by atoms with Crippen LogP contribution in [-0.2, 0) is 20.7 Å². The van der Waals surface area contributed by atoms with Gasteiger partial charge in [-0.25, -0.2) is 0 Å². The number of hydrogen-bond acceptors (Lipinski definition) is 4. The molecular weight excluding hydrogens is 334 g/mol. The van der Waals surface area contributed by atoms with Crippen LogP contribution in [0, 0.1) is 11.3 Å². The molecule has 0 bridgehead atoms. The van der Waals surface area contributed by atoms with E-state index in [1.165, 1.54) is 7.11 Å². The molecule has 6 nitrogen and oxygen atoms in total. The van der Waals surface area contributed by atoms with Crippen molar-refractivity contribution in [2.45, 2.75) is 33.1 Å². The number of piperidine rings is 1. The van der Waals surface area contributed by atoms with Crippen molar-refractivity contribution < 1.29 is 24.2 Å². The Morgan fingerprint density at radius 2 is 1.96 bits per heavy atom. The van der Waals surface area contributed by atoms with E-state index in [1.807, 2.05) is 24.3 Å².